The Labute approximate surface area is 161 Å². The molecule has 1 atom stereocenters. The fourth-order valence-electron chi connectivity index (χ4n) is 2.41. The highest BCUT2D eigenvalue weighted by molar-refractivity contribution is 7.92. The molecule has 0 bridgehead atoms. The number of hydrogen-bond donors (Lipinski definition) is 1. The highest BCUT2D eigenvalue weighted by Crippen LogP contribution is 2.28. The standard InChI is InChI=1S/C17H17Cl2FN2O3S/c1-11(17(23)21-10-12-3-5-15(20)6-4-12)22(26(2,24)25)16-8-13(18)7-14(19)9-16/h3-9,11H,10H2,1-2H3,(H,21,23)/t11-/m1/s1. The minimum Gasteiger partial charge on any atom is -0.350 e. The van der Waals surface area contributed by atoms with Crippen LogP contribution >= 0.6 is 23.2 Å². The average molecular weight is 419 g/mol. The van der Waals surface area contributed by atoms with Crippen LogP contribution in [-0.4, -0.2) is 26.6 Å². The summed E-state index contributed by atoms with van der Waals surface area (Å²) in [5.41, 5.74) is 0.873. The van der Waals surface area contributed by atoms with Crippen LogP contribution in [0.2, 0.25) is 10.0 Å². The van der Waals surface area contributed by atoms with Crippen molar-refractivity contribution in [3.05, 3.63) is 63.9 Å². The molecule has 0 aliphatic carbocycles. The van der Waals surface area contributed by atoms with Gasteiger partial charge >= 0.3 is 0 Å². The molecule has 0 saturated carbocycles. The summed E-state index contributed by atoms with van der Waals surface area (Å²) in [4.78, 5) is 12.5. The fraction of sp³-hybridized carbons (Fsp3) is 0.235. The molecule has 0 saturated heterocycles. The highest BCUT2D eigenvalue weighted by atomic mass is 35.5. The molecule has 140 valence electrons. The first kappa shape index (κ1) is 20.5. The molecular weight excluding hydrogens is 402 g/mol. The van der Waals surface area contributed by atoms with Crippen LogP contribution in [-0.2, 0) is 21.4 Å². The lowest BCUT2D eigenvalue weighted by Gasteiger charge is -2.28. The smallest absolute Gasteiger partial charge is 0.243 e. The van der Waals surface area contributed by atoms with E-state index in [0.717, 1.165) is 10.6 Å². The molecule has 0 unspecified atom stereocenters. The first-order chi connectivity index (χ1) is 12.1. The van der Waals surface area contributed by atoms with E-state index in [1.54, 1.807) is 0 Å². The van der Waals surface area contributed by atoms with Crippen LogP contribution in [0.15, 0.2) is 42.5 Å². The predicted molar refractivity (Wildman–Crippen MR) is 101 cm³/mol. The number of amides is 1. The fourth-order valence-corrected chi connectivity index (χ4v) is 4.09. The molecule has 0 aliphatic rings. The molecule has 0 fully saturated rings. The molecule has 2 aromatic carbocycles. The summed E-state index contributed by atoms with van der Waals surface area (Å²) in [5, 5.41) is 3.14. The first-order valence-corrected chi connectivity index (χ1v) is 10.2. The Morgan fingerprint density at radius 1 is 1.15 bits per heavy atom. The molecule has 0 spiro atoms. The number of carbonyl (C=O) groups excluding carboxylic acids is 1. The van der Waals surface area contributed by atoms with E-state index >= 15 is 0 Å². The molecule has 1 amide bonds. The largest absolute Gasteiger partial charge is 0.350 e. The minimum atomic E-state index is -3.78. The number of sulfonamides is 1. The van der Waals surface area contributed by atoms with Crippen LogP contribution in [0.25, 0.3) is 0 Å². The molecule has 0 heterocycles. The molecule has 9 heteroatoms. The molecule has 0 aliphatic heterocycles. The van der Waals surface area contributed by atoms with Crippen molar-refractivity contribution in [1.82, 2.24) is 5.32 Å². The van der Waals surface area contributed by atoms with Crippen LogP contribution in [0.4, 0.5) is 10.1 Å². The van der Waals surface area contributed by atoms with E-state index < -0.39 is 22.0 Å². The molecule has 26 heavy (non-hydrogen) atoms. The Morgan fingerprint density at radius 2 is 1.69 bits per heavy atom. The van der Waals surface area contributed by atoms with Crippen LogP contribution in [0.5, 0.6) is 0 Å². The maximum absolute atomic E-state index is 12.9. The molecule has 0 radical (unpaired) electrons. The first-order valence-electron chi connectivity index (χ1n) is 7.55. The summed E-state index contributed by atoms with van der Waals surface area (Å²) in [6.45, 7) is 1.59. The van der Waals surface area contributed by atoms with Crippen molar-refractivity contribution in [2.45, 2.75) is 19.5 Å². The van der Waals surface area contributed by atoms with Gasteiger partial charge in [0, 0.05) is 16.6 Å². The van der Waals surface area contributed by atoms with Crippen molar-refractivity contribution in [3.63, 3.8) is 0 Å². The number of carbonyl (C=O) groups is 1. The van der Waals surface area contributed by atoms with Crippen molar-refractivity contribution in [3.8, 4) is 0 Å². The predicted octanol–water partition coefficient (Wildman–Crippen LogP) is 3.60. The van der Waals surface area contributed by atoms with Gasteiger partial charge in [-0.3, -0.25) is 9.10 Å². The van der Waals surface area contributed by atoms with Gasteiger partial charge in [-0.15, -0.1) is 0 Å². The number of nitrogens with zero attached hydrogens (tertiary/aromatic N) is 1. The topological polar surface area (TPSA) is 66.5 Å². The van der Waals surface area contributed by atoms with E-state index in [4.69, 9.17) is 23.2 Å². The summed E-state index contributed by atoms with van der Waals surface area (Å²) in [6.07, 6.45) is 0.992. The van der Waals surface area contributed by atoms with Crippen LogP contribution < -0.4 is 9.62 Å². The van der Waals surface area contributed by atoms with Crippen molar-refractivity contribution in [2.75, 3.05) is 10.6 Å². The lowest BCUT2D eigenvalue weighted by atomic mass is 10.2. The normalized spacial score (nSPS) is 12.5. The van der Waals surface area contributed by atoms with Crippen LogP contribution in [0, 0.1) is 5.82 Å². The number of halogens is 3. The van der Waals surface area contributed by atoms with Gasteiger partial charge in [-0.05, 0) is 42.8 Å². The van der Waals surface area contributed by atoms with Gasteiger partial charge in [-0.25, -0.2) is 12.8 Å². The van der Waals surface area contributed by atoms with E-state index in [9.17, 15) is 17.6 Å². The highest BCUT2D eigenvalue weighted by Gasteiger charge is 2.29. The molecule has 0 aromatic heterocycles. The summed E-state index contributed by atoms with van der Waals surface area (Å²) >= 11 is 11.9. The maximum atomic E-state index is 12.9. The zero-order chi connectivity index (χ0) is 19.5. The second-order valence-corrected chi connectivity index (χ2v) is 8.44. The third kappa shape index (κ3) is 5.33. The van der Waals surface area contributed by atoms with Crippen molar-refractivity contribution < 1.29 is 17.6 Å². The Bertz CT molecular complexity index is 884. The van der Waals surface area contributed by atoms with E-state index in [1.165, 1.54) is 49.4 Å². The van der Waals surface area contributed by atoms with Crippen molar-refractivity contribution in [1.29, 1.82) is 0 Å². The average Bonchev–Trinajstić information content (AvgIpc) is 2.51. The Morgan fingerprint density at radius 3 is 2.19 bits per heavy atom. The molecule has 2 aromatic rings. The number of anilines is 1. The number of nitrogens with one attached hydrogen (secondary N) is 1. The monoisotopic (exact) mass is 418 g/mol. The molecule has 2 rings (SSSR count). The Kier molecular flexibility index (Phi) is 6.49. The zero-order valence-corrected chi connectivity index (χ0v) is 16.4. The lowest BCUT2D eigenvalue weighted by molar-refractivity contribution is -0.122. The van der Waals surface area contributed by atoms with Crippen molar-refractivity contribution in [2.24, 2.45) is 0 Å². The SMILES string of the molecule is C[C@H](C(=O)NCc1ccc(F)cc1)N(c1cc(Cl)cc(Cl)c1)S(C)(=O)=O. The summed E-state index contributed by atoms with van der Waals surface area (Å²) < 4.78 is 38.3. The van der Waals surface area contributed by atoms with Crippen LogP contribution in [0.3, 0.4) is 0 Å². The molecule has 5 nitrogen and oxygen atoms in total. The molecular formula is C17H17Cl2FN2O3S. The van der Waals surface area contributed by atoms with E-state index in [-0.39, 0.29) is 28.1 Å². The van der Waals surface area contributed by atoms with Crippen LogP contribution in [0.1, 0.15) is 12.5 Å². The van der Waals surface area contributed by atoms with Crippen molar-refractivity contribution >= 4 is 44.8 Å². The van der Waals surface area contributed by atoms with Gasteiger partial charge in [-0.1, -0.05) is 35.3 Å². The van der Waals surface area contributed by atoms with E-state index in [1.807, 2.05) is 0 Å². The summed E-state index contributed by atoms with van der Waals surface area (Å²) in [6, 6.07) is 8.88. The quantitative estimate of drug-likeness (QED) is 0.778. The third-order valence-corrected chi connectivity index (χ3v) is 5.25. The second kappa shape index (κ2) is 8.24. The van der Waals surface area contributed by atoms with E-state index in [0.29, 0.717) is 5.56 Å². The van der Waals surface area contributed by atoms with Gasteiger partial charge in [0.05, 0.1) is 11.9 Å². The van der Waals surface area contributed by atoms with Gasteiger partial charge in [-0.2, -0.15) is 0 Å². The number of benzene rings is 2. The summed E-state index contributed by atoms with van der Waals surface area (Å²) in [7, 11) is -3.78. The lowest BCUT2D eigenvalue weighted by Crippen LogP contribution is -2.47. The zero-order valence-electron chi connectivity index (χ0n) is 14.0. The van der Waals surface area contributed by atoms with Gasteiger partial charge in [0.2, 0.25) is 15.9 Å². The number of hydrogen-bond acceptors (Lipinski definition) is 3. The van der Waals surface area contributed by atoms with E-state index in [2.05, 4.69) is 5.32 Å². The number of rotatable bonds is 6. The maximum Gasteiger partial charge on any atom is 0.243 e. The van der Waals surface area contributed by atoms with Gasteiger partial charge in [0.15, 0.2) is 0 Å². The molecule has 1 N–H and O–H groups in total. The summed E-state index contributed by atoms with van der Waals surface area (Å²) in [5.74, 6) is -0.898. The van der Waals surface area contributed by atoms with Gasteiger partial charge in [0.25, 0.3) is 0 Å². The Hall–Kier alpha value is -1.83. The minimum absolute atomic E-state index is 0.136. The third-order valence-electron chi connectivity index (χ3n) is 3.57. The van der Waals surface area contributed by atoms with Gasteiger partial charge < -0.3 is 5.32 Å². The Balaban J connectivity index is 2.22. The second-order valence-electron chi connectivity index (χ2n) is 5.71. The van der Waals surface area contributed by atoms with Gasteiger partial charge in [0.1, 0.15) is 11.9 Å².